The van der Waals surface area contributed by atoms with Crippen LogP contribution in [0.4, 0.5) is 0 Å². The maximum Gasteiger partial charge on any atom is 0.289 e. The minimum absolute atomic E-state index is 0.0707. The highest BCUT2D eigenvalue weighted by Gasteiger charge is 2.27. The van der Waals surface area contributed by atoms with E-state index in [0.717, 1.165) is 6.42 Å². The summed E-state index contributed by atoms with van der Waals surface area (Å²) < 4.78 is 1.78. The predicted molar refractivity (Wildman–Crippen MR) is 81.6 cm³/mol. The SMILES string of the molecule is CCCNC(=O)c1nnc2n1CCN(C(=O)c1ccncc1)C2. The lowest BCUT2D eigenvalue weighted by molar-refractivity contribution is 0.0706. The summed E-state index contributed by atoms with van der Waals surface area (Å²) in [4.78, 5) is 30.1. The molecule has 0 fully saturated rings. The Hall–Kier alpha value is -2.77. The Morgan fingerprint density at radius 2 is 2.00 bits per heavy atom. The number of rotatable bonds is 4. The number of carbonyl (C=O) groups excluding carboxylic acids is 2. The van der Waals surface area contributed by atoms with E-state index in [0.29, 0.717) is 43.4 Å². The Kier molecular flexibility index (Phi) is 4.31. The van der Waals surface area contributed by atoms with Crippen LogP contribution in [0, 0.1) is 0 Å². The van der Waals surface area contributed by atoms with E-state index >= 15 is 0 Å². The van der Waals surface area contributed by atoms with Crippen molar-refractivity contribution < 1.29 is 9.59 Å². The number of hydrogen-bond donors (Lipinski definition) is 1. The summed E-state index contributed by atoms with van der Waals surface area (Å²) in [6, 6.07) is 3.37. The van der Waals surface area contributed by atoms with Gasteiger partial charge < -0.3 is 14.8 Å². The minimum atomic E-state index is -0.223. The van der Waals surface area contributed by atoms with Gasteiger partial charge in [-0.25, -0.2) is 0 Å². The van der Waals surface area contributed by atoms with Crippen LogP contribution >= 0.6 is 0 Å². The molecule has 0 spiro atoms. The third-order valence-electron chi connectivity index (χ3n) is 3.71. The van der Waals surface area contributed by atoms with Gasteiger partial charge in [0.05, 0.1) is 6.54 Å². The Morgan fingerprint density at radius 3 is 2.74 bits per heavy atom. The summed E-state index contributed by atoms with van der Waals surface area (Å²) in [7, 11) is 0. The first-order valence-electron chi connectivity index (χ1n) is 7.60. The lowest BCUT2D eigenvalue weighted by atomic mass is 10.2. The molecule has 120 valence electrons. The number of carbonyl (C=O) groups is 2. The third kappa shape index (κ3) is 3.05. The molecule has 3 rings (SSSR count). The van der Waals surface area contributed by atoms with Gasteiger partial charge in [-0.05, 0) is 18.6 Å². The van der Waals surface area contributed by atoms with E-state index in [1.165, 1.54) is 0 Å². The topological polar surface area (TPSA) is 93.0 Å². The highest BCUT2D eigenvalue weighted by molar-refractivity contribution is 5.94. The monoisotopic (exact) mass is 314 g/mol. The van der Waals surface area contributed by atoms with E-state index in [-0.39, 0.29) is 11.8 Å². The van der Waals surface area contributed by atoms with Gasteiger partial charge in [0, 0.05) is 37.6 Å². The summed E-state index contributed by atoms with van der Waals surface area (Å²) in [6.07, 6.45) is 4.05. The third-order valence-corrected chi connectivity index (χ3v) is 3.71. The molecule has 0 radical (unpaired) electrons. The molecule has 0 bridgehead atoms. The number of hydrogen-bond acceptors (Lipinski definition) is 5. The zero-order valence-electron chi connectivity index (χ0n) is 12.9. The molecule has 8 nitrogen and oxygen atoms in total. The van der Waals surface area contributed by atoms with Gasteiger partial charge in [-0.2, -0.15) is 0 Å². The number of nitrogens with zero attached hydrogens (tertiary/aromatic N) is 5. The summed E-state index contributed by atoms with van der Waals surface area (Å²) in [5.41, 5.74) is 0.592. The van der Waals surface area contributed by atoms with E-state index in [2.05, 4.69) is 20.5 Å². The molecule has 2 amide bonds. The summed E-state index contributed by atoms with van der Waals surface area (Å²) in [5, 5.41) is 10.8. The van der Waals surface area contributed by atoms with Crippen molar-refractivity contribution in [3.05, 3.63) is 41.7 Å². The van der Waals surface area contributed by atoms with Gasteiger partial charge in [0.15, 0.2) is 5.82 Å². The summed E-state index contributed by atoms with van der Waals surface area (Å²) >= 11 is 0. The fourth-order valence-electron chi connectivity index (χ4n) is 2.49. The molecule has 8 heteroatoms. The van der Waals surface area contributed by atoms with Crippen LogP contribution in [0.2, 0.25) is 0 Å². The molecule has 2 aromatic rings. The van der Waals surface area contributed by atoms with Gasteiger partial charge in [-0.3, -0.25) is 14.6 Å². The Balaban J connectivity index is 1.74. The van der Waals surface area contributed by atoms with Gasteiger partial charge in [0.1, 0.15) is 0 Å². The smallest absolute Gasteiger partial charge is 0.289 e. The minimum Gasteiger partial charge on any atom is -0.349 e. The highest BCUT2D eigenvalue weighted by Crippen LogP contribution is 2.15. The van der Waals surface area contributed by atoms with Crippen molar-refractivity contribution in [2.45, 2.75) is 26.4 Å². The first-order valence-corrected chi connectivity index (χ1v) is 7.60. The second kappa shape index (κ2) is 6.55. The predicted octanol–water partition coefficient (Wildman–Crippen LogP) is 0.469. The molecule has 0 aliphatic carbocycles. The molecular weight excluding hydrogens is 296 g/mol. The maximum atomic E-state index is 12.5. The first kappa shape index (κ1) is 15.1. The Labute approximate surface area is 133 Å². The molecule has 0 saturated heterocycles. The fraction of sp³-hybridized carbons (Fsp3) is 0.400. The van der Waals surface area contributed by atoms with Crippen molar-refractivity contribution in [1.82, 2.24) is 30.0 Å². The fourth-order valence-corrected chi connectivity index (χ4v) is 2.49. The van der Waals surface area contributed by atoms with Crippen molar-refractivity contribution >= 4 is 11.8 Å². The van der Waals surface area contributed by atoms with Crippen LogP contribution in [-0.2, 0) is 13.1 Å². The van der Waals surface area contributed by atoms with Crippen LogP contribution in [-0.4, -0.2) is 49.6 Å². The molecular formula is C15H18N6O2. The lowest BCUT2D eigenvalue weighted by Crippen LogP contribution is -2.39. The molecule has 1 N–H and O–H groups in total. The molecule has 0 atom stereocenters. The van der Waals surface area contributed by atoms with Gasteiger partial charge in [-0.1, -0.05) is 6.92 Å². The van der Waals surface area contributed by atoms with E-state index < -0.39 is 0 Å². The normalized spacial score (nSPS) is 13.5. The number of fused-ring (bicyclic) bond motifs is 1. The van der Waals surface area contributed by atoms with E-state index in [9.17, 15) is 9.59 Å². The number of nitrogens with one attached hydrogen (secondary N) is 1. The van der Waals surface area contributed by atoms with Crippen molar-refractivity contribution in [2.24, 2.45) is 0 Å². The van der Waals surface area contributed by atoms with Crippen LogP contribution in [0.15, 0.2) is 24.5 Å². The molecule has 2 aromatic heterocycles. The van der Waals surface area contributed by atoms with E-state index in [4.69, 9.17) is 0 Å². The summed E-state index contributed by atoms with van der Waals surface area (Å²) in [6.45, 7) is 3.96. The number of pyridine rings is 1. The first-order chi connectivity index (χ1) is 11.2. The largest absolute Gasteiger partial charge is 0.349 e. The molecule has 0 aromatic carbocycles. The van der Waals surface area contributed by atoms with Gasteiger partial charge >= 0.3 is 0 Å². The zero-order chi connectivity index (χ0) is 16.2. The van der Waals surface area contributed by atoms with Crippen molar-refractivity contribution in [2.75, 3.05) is 13.1 Å². The Bertz CT molecular complexity index is 712. The average Bonchev–Trinajstić information content (AvgIpc) is 3.03. The van der Waals surface area contributed by atoms with Crippen LogP contribution in [0.3, 0.4) is 0 Å². The van der Waals surface area contributed by atoms with Crippen LogP contribution in [0.1, 0.15) is 40.1 Å². The van der Waals surface area contributed by atoms with E-state index in [1.54, 1.807) is 34.0 Å². The highest BCUT2D eigenvalue weighted by atomic mass is 16.2. The maximum absolute atomic E-state index is 12.5. The van der Waals surface area contributed by atoms with Crippen LogP contribution in [0.25, 0.3) is 0 Å². The van der Waals surface area contributed by atoms with Gasteiger partial charge in [-0.15, -0.1) is 10.2 Å². The standard InChI is InChI=1S/C15H18N6O2/c1-2-5-17-14(22)13-19-18-12-10-20(8-9-21(12)13)15(23)11-3-6-16-7-4-11/h3-4,6-7H,2,5,8-10H2,1H3,(H,17,22). The zero-order valence-corrected chi connectivity index (χ0v) is 12.9. The summed E-state index contributed by atoms with van der Waals surface area (Å²) in [5.74, 6) is 0.642. The second-order valence-electron chi connectivity index (χ2n) is 5.31. The van der Waals surface area contributed by atoms with Crippen molar-refractivity contribution in [3.63, 3.8) is 0 Å². The number of amides is 2. The average molecular weight is 314 g/mol. The Morgan fingerprint density at radius 1 is 1.22 bits per heavy atom. The van der Waals surface area contributed by atoms with Crippen LogP contribution < -0.4 is 5.32 Å². The molecule has 3 heterocycles. The van der Waals surface area contributed by atoms with Crippen molar-refractivity contribution in [1.29, 1.82) is 0 Å². The molecule has 23 heavy (non-hydrogen) atoms. The van der Waals surface area contributed by atoms with Gasteiger partial charge in [0.2, 0.25) is 5.82 Å². The van der Waals surface area contributed by atoms with E-state index in [1.807, 2.05) is 6.92 Å². The number of aromatic nitrogens is 4. The quantitative estimate of drug-likeness (QED) is 0.885. The van der Waals surface area contributed by atoms with Crippen LogP contribution in [0.5, 0.6) is 0 Å². The molecule has 1 aliphatic rings. The lowest BCUT2D eigenvalue weighted by Gasteiger charge is -2.27. The molecule has 0 saturated carbocycles. The van der Waals surface area contributed by atoms with Crippen molar-refractivity contribution in [3.8, 4) is 0 Å². The molecule has 0 unspecified atom stereocenters. The molecule has 1 aliphatic heterocycles. The van der Waals surface area contributed by atoms with Gasteiger partial charge in [0.25, 0.3) is 11.8 Å². The second-order valence-corrected chi connectivity index (χ2v) is 5.31.